The Labute approximate surface area is 72.2 Å². The van der Waals surface area contributed by atoms with Crippen LogP contribution in [0.2, 0.25) is 0 Å². The molecule has 1 aromatic heterocycles. The summed E-state index contributed by atoms with van der Waals surface area (Å²) in [5.74, 6) is 0.791. The van der Waals surface area contributed by atoms with Crippen LogP contribution < -0.4 is 11.1 Å². The van der Waals surface area contributed by atoms with Gasteiger partial charge in [0.1, 0.15) is 5.82 Å². The Morgan fingerprint density at radius 2 is 2.08 bits per heavy atom. The lowest BCUT2D eigenvalue weighted by Crippen LogP contribution is -2.08. The van der Waals surface area contributed by atoms with Crippen LogP contribution in [-0.2, 0) is 0 Å². The molecule has 0 saturated heterocycles. The van der Waals surface area contributed by atoms with Crippen molar-refractivity contribution >= 4 is 5.69 Å². The van der Waals surface area contributed by atoms with Crippen LogP contribution in [0.5, 0.6) is 0 Å². The second-order valence-electron chi connectivity index (χ2n) is 2.59. The zero-order chi connectivity index (χ0) is 8.81. The third-order valence-corrected chi connectivity index (χ3v) is 1.49. The largest absolute Gasteiger partial charge is 0.383 e. The van der Waals surface area contributed by atoms with Gasteiger partial charge in [-0.3, -0.25) is 0 Å². The number of aryl methyl sites for hydroxylation is 1. The number of anilines is 1. The average molecular weight is 166 g/mol. The number of nitrogens with zero attached hydrogens (tertiary/aromatic N) is 2. The van der Waals surface area contributed by atoms with E-state index in [0.717, 1.165) is 24.5 Å². The van der Waals surface area contributed by atoms with E-state index in [1.54, 1.807) is 12.4 Å². The molecule has 0 spiro atoms. The maximum atomic E-state index is 5.35. The van der Waals surface area contributed by atoms with Crippen molar-refractivity contribution in [2.75, 3.05) is 18.4 Å². The molecular weight excluding hydrogens is 152 g/mol. The van der Waals surface area contributed by atoms with E-state index in [1.807, 2.05) is 6.92 Å². The monoisotopic (exact) mass is 166 g/mol. The number of hydrogen-bond donors (Lipinski definition) is 2. The fourth-order valence-corrected chi connectivity index (χ4v) is 0.819. The van der Waals surface area contributed by atoms with E-state index in [2.05, 4.69) is 15.3 Å². The van der Waals surface area contributed by atoms with Gasteiger partial charge in [0.25, 0.3) is 0 Å². The van der Waals surface area contributed by atoms with Crippen molar-refractivity contribution in [1.29, 1.82) is 0 Å². The van der Waals surface area contributed by atoms with Crippen LogP contribution in [0.25, 0.3) is 0 Å². The highest BCUT2D eigenvalue weighted by Crippen LogP contribution is 2.01. The van der Waals surface area contributed by atoms with E-state index in [1.165, 1.54) is 0 Å². The number of nitrogens with one attached hydrogen (secondary N) is 1. The zero-order valence-electron chi connectivity index (χ0n) is 7.25. The summed E-state index contributed by atoms with van der Waals surface area (Å²) < 4.78 is 0. The van der Waals surface area contributed by atoms with E-state index >= 15 is 0 Å². The van der Waals surface area contributed by atoms with Crippen LogP contribution in [0.1, 0.15) is 12.2 Å². The van der Waals surface area contributed by atoms with Gasteiger partial charge in [0.2, 0.25) is 0 Å². The van der Waals surface area contributed by atoms with Crippen LogP contribution in [0.4, 0.5) is 5.69 Å². The van der Waals surface area contributed by atoms with Gasteiger partial charge < -0.3 is 11.1 Å². The molecule has 0 fully saturated rings. The minimum Gasteiger partial charge on any atom is -0.383 e. The van der Waals surface area contributed by atoms with Crippen molar-refractivity contribution < 1.29 is 0 Å². The summed E-state index contributed by atoms with van der Waals surface area (Å²) in [7, 11) is 0. The molecule has 1 rings (SSSR count). The molecule has 3 N–H and O–H groups in total. The molecule has 0 saturated carbocycles. The summed E-state index contributed by atoms with van der Waals surface area (Å²) in [6.45, 7) is 3.45. The molecule has 66 valence electrons. The van der Waals surface area contributed by atoms with E-state index in [0.29, 0.717) is 6.54 Å². The van der Waals surface area contributed by atoms with Gasteiger partial charge in [-0.25, -0.2) is 9.97 Å². The van der Waals surface area contributed by atoms with Crippen LogP contribution in [0.15, 0.2) is 12.4 Å². The summed E-state index contributed by atoms with van der Waals surface area (Å²) in [5, 5.41) is 3.17. The third-order valence-electron chi connectivity index (χ3n) is 1.49. The fourth-order valence-electron chi connectivity index (χ4n) is 0.819. The standard InChI is InChI=1S/C8H14N4/c1-7-11-5-8(6-12-7)10-4-2-3-9/h5-6,10H,2-4,9H2,1H3. The molecule has 0 atom stereocenters. The molecule has 1 aromatic rings. The van der Waals surface area contributed by atoms with Crippen molar-refractivity contribution in [1.82, 2.24) is 9.97 Å². The molecule has 0 aliphatic heterocycles. The number of hydrogen-bond acceptors (Lipinski definition) is 4. The molecule has 12 heavy (non-hydrogen) atoms. The Kier molecular flexibility index (Phi) is 3.47. The third kappa shape index (κ3) is 2.84. The van der Waals surface area contributed by atoms with Crippen molar-refractivity contribution in [2.45, 2.75) is 13.3 Å². The quantitative estimate of drug-likeness (QED) is 0.641. The molecule has 0 amide bonds. The lowest BCUT2D eigenvalue weighted by molar-refractivity contribution is 0.871. The summed E-state index contributed by atoms with van der Waals surface area (Å²) in [6, 6.07) is 0. The van der Waals surface area contributed by atoms with E-state index in [-0.39, 0.29) is 0 Å². The Morgan fingerprint density at radius 3 is 2.67 bits per heavy atom. The number of rotatable bonds is 4. The molecular formula is C8H14N4. The van der Waals surface area contributed by atoms with Crippen LogP contribution in [0, 0.1) is 6.92 Å². The first-order valence-electron chi connectivity index (χ1n) is 4.05. The Hall–Kier alpha value is -1.16. The highest BCUT2D eigenvalue weighted by atomic mass is 14.9. The maximum Gasteiger partial charge on any atom is 0.125 e. The number of aromatic nitrogens is 2. The summed E-state index contributed by atoms with van der Waals surface area (Å²) in [4.78, 5) is 8.11. The van der Waals surface area contributed by atoms with Gasteiger partial charge >= 0.3 is 0 Å². The normalized spacial score (nSPS) is 9.83. The highest BCUT2D eigenvalue weighted by Gasteiger charge is 1.91. The fraction of sp³-hybridized carbons (Fsp3) is 0.500. The zero-order valence-corrected chi connectivity index (χ0v) is 7.25. The first kappa shape index (κ1) is 8.93. The van der Waals surface area contributed by atoms with Gasteiger partial charge in [-0.15, -0.1) is 0 Å². The lowest BCUT2D eigenvalue weighted by Gasteiger charge is -2.03. The van der Waals surface area contributed by atoms with Gasteiger partial charge in [0.05, 0.1) is 18.1 Å². The molecule has 1 heterocycles. The first-order chi connectivity index (χ1) is 5.83. The van der Waals surface area contributed by atoms with Crippen molar-refractivity contribution in [3.63, 3.8) is 0 Å². The maximum absolute atomic E-state index is 5.35. The van der Waals surface area contributed by atoms with Gasteiger partial charge in [0, 0.05) is 6.54 Å². The minimum absolute atomic E-state index is 0.708. The minimum atomic E-state index is 0.708. The van der Waals surface area contributed by atoms with Crippen molar-refractivity contribution in [3.05, 3.63) is 18.2 Å². The van der Waals surface area contributed by atoms with Crippen molar-refractivity contribution in [2.24, 2.45) is 5.73 Å². The molecule has 0 radical (unpaired) electrons. The molecule has 4 nitrogen and oxygen atoms in total. The molecule has 4 heteroatoms. The van der Waals surface area contributed by atoms with Gasteiger partial charge in [-0.2, -0.15) is 0 Å². The lowest BCUT2D eigenvalue weighted by atomic mass is 10.4. The smallest absolute Gasteiger partial charge is 0.125 e. The second kappa shape index (κ2) is 4.66. The molecule has 0 bridgehead atoms. The Balaban J connectivity index is 2.37. The van der Waals surface area contributed by atoms with Gasteiger partial charge in [-0.1, -0.05) is 0 Å². The summed E-state index contributed by atoms with van der Waals surface area (Å²) in [5.41, 5.74) is 6.30. The van der Waals surface area contributed by atoms with Crippen LogP contribution in [0.3, 0.4) is 0 Å². The predicted molar refractivity (Wildman–Crippen MR) is 48.9 cm³/mol. The van der Waals surface area contributed by atoms with E-state index in [9.17, 15) is 0 Å². The molecule has 0 aliphatic carbocycles. The molecule has 0 aromatic carbocycles. The van der Waals surface area contributed by atoms with Crippen LogP contribution in [-0.4, -0.2) is 23.1 Å². The SMILES string of the molecule is Cc1ncc(NCCCN)cn1. The average Bonchev–Trinajstić information content (AvgIpc) is 2.09. The van der Waals surface area contributed by atoms with E-state index < -0.39 is 0 Å². The Bertz CT molecular complexity index is 219. The topological polar surface area (TPSA) is 63.8 Å². The highest BCUT2D eigenvalue weighted by molar-refractivity contribution is 5.37. The van der Waals surface area contributed by atoms with Gasteiger partial charge in [-0.05, 0) is 19.9 Å². The van der Waals surface area contributed by atoms with E-state index in [4.69, 9.17) is 5.73 Å². The first-order valence-corrected chi connectivity index (χ1v) is 4.05. The predicted octanol–water partition coefficient (Wildman–Crippen LogP) is 0.546. The summed E-state index contributed by atoms with van der Waals surface area (Å²) >= 11 is 0. The number of nitrogens with two attached hydrogens (primary N) is 1. The Morgan fingerprint density at radius 1 is 1.42 bits per heavy atom. The van der Waals surface area contributed by atoms with Crippen LogP contribution >= 0.6 is 0 Å². The van der Waals surface area contributed by atoms with Crippen molar-refractivity contribution in [3.8, 4) is 0 Å². The second-order valence-corrected chi connectivity index (χ2v) is 2.59. The molecule has 0 unspecified atom stereocenters. The van der Waals surface area contributed by atoms with Gasteiger partial charge in [0.15, 0.2) is 0 Å². The summed E-state index contributed by atoms with van der Waals surface area (Å²) in [6.07, 6.45) is 4.52. The molecule has 0 aliphatic rings.